The second kappa shape index (κ2) is 22.8. The predicted molar refractivity (Wildman–Crippen MR) is 219 cm³/mol. The zero-order chi connectivity index (χ0) is 38.0. The third-order valence-electron chi connectivity index (χ3n) is 7.58. The minimum absolute atomic E-state index is 0.0153. The average molecular weight is 951 g/mol. The van der Waals surface area contributed by atoms with Gasteiger partial charge in [-0.1, -0.05) is 174 Å². The van der Waals surface area contributed by atoms with Gasteiger partial charge >= 0.3 is 55.4 Å². The molecule has 0 atom stereocenters. The molecule has 0 saturated heterocycles. The SMILES string of the molecule is CC(C)(C)c1ccc[c-]c1OP(c1ccccc1)c1ccccc1.CC(C)(C)c1ccc[c-]c1OP(c1ccccc1)c1ccccc1.[Cl][Pd+].[Cl][Pd+]. The van der Waals surface area contributed by atoms with Crippen LogP contribution in [0.25, 0.3) is 0 Å². The van der Waals surface area contributed by atoms with Crippen molar-refractivity contribution < 1.29 is 45.4 Å². The molecule has 52 heavy (non-hydrogen) atoms. The van der Waals surface area contributed by atoms with Gasteiger partial charge in [0.2, 0.25) is 0 Å². The van der Waals surface area contributed by atoms with E-state index in [-0.39, 0.29) is 10.8 Å². The van der Waals surface area contributed by atoms with E-state index in [0.29, 0.717) is 0 Å². The molecule has 0 unspecified atom stereocenters. The standard InChI is InChI=1S/2C22H22OP.2ClH.2Pd/c2*1-22(2,3)20-16-10-11-17-21(20)23-24(18-12-6-4-7-13-18)19-14-8-5-9-15-19;;;;/h2*4-16H,1-3H3;2*1H;;/q2*-1;;;2*+2/p-2. The molecule has 8 heteroatoms. The van der Waals surface area contributed by atoms with Crippen LogP contribution in [0.15, 0.2) is 158 Å². The summed E-state index contributed by atoms with van der Waals surface area (Å²) in [6, 6.07) is 60.6. The van der Waals surface area contributed by atoms with Gasteiger partial charge in [0.25, 0.3) is 0 Å². The normalized spacial score (nSPS) is 10.9. The first-order valence-corrected chi connectivity index (χ1v) is 23.1. The molecule has 0 radical (unpaired) electrons. The Bertz CT molecular complexity index is 1640. The van der Waals surface area contributed by atoms with Gasteiger partial charge in [0.15, 0.2) is 0 Å². The van der Waals surface area contributed by atoms with E-state index in [1.165, 1.54) is 32.3 Å². The molecule has 0 fully saturated rings. The molecular weight excluding hydrogens is 906 g/mol. The predicted octanol–water partition coefficient (Wildman–Crippen LogP) is 11.8. The Morgan fingerprint density at radius 2 is 0.654 bits per heavy atom. The fourth-order valence-electron chi connectivity index (χ4n) is 5.12. The van der Waals surface area contributed by atoms with E-state index < -0.39 is 16.3 Å². The van der Waals surface area contributed by atoms with Crippen LogP contribution >= 0.6 is 35.4 Å². The van der Waals surface area contributed by atoms with E-state index in [0.717, 1.165) is 11.5 Å². The van der Waals surface area contributed by atoms with Crippen LogP contribution in [0.1, 0.15) is 52.7 Å². The maximum absolute atomic E-state index is 6.55. The molecule has 0 aliphatic carbocycles. The summed E-state index contributed by atoms with van der Waals surface area (Å²) in [5, 5.41) is 4.82. The van der Waals surface area contributed by atoms with Gasteiger partial charge < -0.3 is 9.05 Å². The summed E-state index contributed by atoms with van der Waals surface area (Å²) in [6.45, 7) is 13.2. The maximum atomic E-state index is 6.55. The van der Waals surface area contributed by atoms with Gasteiger partial charge in [-0.05, 0) is 0 Å². The second-order valence-electron chi connectivity index (χ2n) is 13.4. The average Bonchev–Trinajstić information content (AvgIpc) is 3.19. The first-order chi connectivity index (χ1) is 25.1. The van der Waals surface area contributed by atoms with Crippen LogP contribution in [0.4, 0.5) is 0 Å². The molecule has 0 bridgehead atoms. The summed E-state index contributed by atoms with van der Waals surface area (Å²) in [7, 11) is 7.13. The zero-order valence-electron chi connectivity index (χ0n) is 30.1. The fraction of sp³-hybridized carbons (Fsp3) is 0.182. The van der Waals surface area contributed by atoms with Crippen LogP contribution in [0.5, 0.6) is 11.5 Å². The van der Waals surface area contributed by atoms with Crippen molar-refractivity contribution in [2.24, 2.45) is 0 Å². The van der Waals surface area contributed by atoms with Crippen LogP contribution in [-0.4, -0.2) is 0 Å². The number of halogens is 2. The number of para-hydroxylation sites is 2. The summed E-state index contributed by atoms with van der Waals surface area (Å²) < 4.78 is 13.1. The van der Waals surface area contributed by atoms with Crippen LogP contribution in [0.2, 0.25) is 0 Å². The van der Waals surface area contributed by atoms with Gasteiger partial charge in [-0.25, -0.2) is 0 Å². The first kappa shape index (κ1) is 44.1. The summed E-state index contributed by atoms with van der Waals surface area (Å²) in [5.41, 5.74) is 2.40. The van der Waals surface area contributed by atoms with Gasteiger partial charge in [0.05, 0.1) is 0 Å². The molecule has 6 aromatic rings. The van der Waals surface area contributed by atoms with Crippen molar-refractivity contribution in [1.82, 2.24) is 0 Å². The van der Waals surface area contributed by atoms with E-state index in [1.54, 1.807) is 0 Å². The molecule has 0 aliphatic heterocycles. The Labute approximate surface area is 344 Å². The van der Waals surface area contributed by atoms with Gasteiger partial charge in [0.1, 0.15) is 16.3 Å². The molecule has 6 rings (SSSR count). The number of hydrogen-bond acceptors (Lipinski definition) is 2. The second-order valence-corrected chi connectivity index (χ2v) is 17.0. The Morgan fingerprint density at radius 1 is 0.404 bits per heavy atom. The summed E-state index contributed by atoms with van der Waals surface area (Å²) in [6.07, 6.45) is 0. The van der Waals surface area contributed by atoms with Gasteiger partial charge in [-0.3, -0.25) is 0 Å². The van der Waals surface area contributed by atoms with Crippen LogP contribution in [0, 0.1) is 12.1 Å². The van der Waals surface area contributed by atoms with Gasteiger partial charge in [-0.2, -0.15) is 36.4 Å². The van der Waals surface area contributed by atoms with Crippen molar-refractivity contribution in [2.75, 3.05) is 0 Å². The summed E-state index contributed by atoms with van der Waals surface area (Å²) in [4.78, 5) is 0. The number of hydrogen-bond donors (Lipinski definition) is 0. The molecule has 276 valence electrons. The monoisotopic (exact) mass is 948 g/mol. The van der Waals surface area contributed by atoms with E-state index in [1.807, 2.05) is 48.5 Å². The first-order valence-electron chi connectivity index (χ1n) is 16.5. The quantitative estimate of drug-likeness (QED) is 0.0860. The molecule has 0 aromatic heterocycles. The van der Waals surface area contributed by atoms with Crippen molar-refractivity contribution in [3.05, 3.63) is 181 Å². The molecule has 0 spiro atoms. The van der Waals surface area contributed by atoms with Gasteiger partial charge in [0, 0.05) is 32.7 Å². The Kier molecular flexibility index (Phi) is 19.3. The molecule has 0 amide bonds. The van der Waals surface area contributed by atoms with Crippen molar-refractivity contribution >= 4 is 56.6 Å². The number of benzene rings is 6. The van der Waals surface area contributed by atoms with Gasteiger partial charge in [-0.15, -0.1) is 23.3 Å². The van der Waals surface area contributed by atoms with E-state index in [9.17, 15) is 0 Å². The molecule has 2 nitrogen and oxygen atoms in total. The Balaban J connectivity index is 0.000000256. The number of rotatable bonds is 8. The molecule has 0 heterocycles. The van der Waals surface area contributed by atoms with Crippen molar-refractivity contribution in [3.63, 3.8) is 0 Å². The zero-order valence-corrected chi connectivity index (χ0v) is 36.5. The molecule has 0 saturated carbocycles. The van der Waals surface area contributed by atoms with E-state index >= 15 is 0 Å². The fourth-order valence-corrected chi connectivity index (χ4v) is 8.58. The van der Waals surface area contributed by atoms with E-state index in [4.69, 9.17) is 9.05 Å². The van der Waals surface area contributed by atoms with Crippen molar-refractivity contribution in [1.29, 1.82) is 0 Å². The minimum atomic E-state index is -0.922. The third kappa shape index (κ3) is 13.5. The Hall–Kier alpha value is -2.32. The molecule has 0 aliphatic rings. The molecule has 6 aromatic carbocycles. The van der Waals surface area contributed by atoms with Crippen molar-refractivity contribution in [2.45, 2.75) is 52.4 Å². The Morgan fingerprint density at radius 3 is 0.885 bits per heavy atom. The molecular formula is C44H44Cl2O2P2Pd2. The van der Waals surface area contributed by atoms with Crippen LogP contribution in [-0.2, 0) is 47.2 Å². The summed E-state index contributed by atoms with van der Waals surface area (Å²) in [5.74, 6) is 1.70. The van der Waals surface area contributed by atoms with E-state index in [2.05, 4.69) is 218 Å². The topological polar surface area (TPSA) is 18.5 Å². The van der Waals surface area contributed by atoms with Crippen LogP contribution in [0.3, 0.4) is 0 Å². The van der Waals surface area contributed by atoms with Crippen LogP contribution < -0.4 is 30.3 Å². The third-order valence-corrected chi connectivity index (χ3v) is 11.4. The van der Waals surface area contributed by atoms with Crippen molar-refractivity contribution in [3.8, 4) is 11.5 Å². The molecule has 0 N–H and O–H groups in total. The summed E-state index contributed by atoms with van der Waals surface area (Å²) >= 11 is 4.44.